The third-order valence-corrected chi connectivity index (χ3v) is 12.2. The highest BCUT2D eigenvalue weighted by Gasteiger charge is 2.51. The second kappa shape index (κ2) is 11.4. The molecule has 0 aromatic heterocycles. The zero-order valence-electron chi connectivity index (χ0n) is 31.1. The van der Waals surface area contributed by atoms with Crippen LogP contribution in [-0.2, 0) is 10.8 Å². The van der Waals surface area contributed by atoms with Crippen molar-refractivity contribution in [3.63, 3.8) is 0 Å². The third kappa shape index (κ3) is 4.42. The fourth-order valence-corrected chi connectivity index (χ4v) is 9.19. The minimum atomic E-state index is -0.414. The van der Waals surface area contributed by atoms with Crippen molar-refractivity contribution in [1.29, 1.82) is 0 Å². The van der Waals surface area contributed by atoms with Crippen LogP contribution in [0.1, 0.15) is 74.9 Å². The third-order valence-electron chi connectivity index (χ3n) is 12.2. The SMILES string of the molecule is C=C/C(=C\C=C(/C)C(C)(C)C)N(c1ccc2c(c1)C(C)(C)c1ccccc1-2)c1ccc2c(c1)C1(c3ccccc3-c3ccccc31)c1ccccc1-2. The molecule has 6 aromatic rings. The van der Waals surface area contributed by atoms with Crippen LogP contribution < -0.4 is 4.90 Å². The summed E-state index contributed by atoms with van der Waals surface area (Å²) in [7, 11) is 0. The van der Waals surface area contributed by atoms with Gasteiger partial charge in [-0.15, -0.1) is 0 Å². The molecule has 3 aliphatic carbocycles. The molecule has 1 nitrogen and oxygen atoms in total. The van der Waals surface area contributed by atoms with E-state index in [1.54, 1.807) is 0 Å². The lowest BCUT2D eigenvalue weighted by atomic mass is 9.70. The molecule has 0 unspecified atom stereocenters. The number of hydrogen-bond donors (Lipinski definition) is 0. The predicted molar refractivity (Wildman–Crippen MR) is 220 cm³/mol. The van der Waals surface area contributed by atoms with Crippen LogP contribution in [0.25, 0.3) is 33.4 Å². The highest BCUT2D eigenvalue weighted by molar-refractivity contribution is 5.96. The van der Waals surface area contributed by atoms with Crippen LogP contribution in [0.2, 0.25) is 0 Å². The molecule has 254 valence electrons. The number of benzene rings is 6. The molecule has 1 heteroatoms. The Balaban J connectivity index is 1.31. The number of anilines is 2. The average Bonchev–Trinajstić information content (AvgIpc) is 3.71. The molecule has 0 radical (unpaired) electrons. The van der Waals surface area contributed by atoms with E-state index in [-0.39, 0.29) is 10.8 Å². The maximum Gasteiger partial charge on any atom is 0.0726 e. The molecule has 3 aliphatic rings. The molecule has 0 saturated heterocycles. The second-order valence-electron chi connectivity index (χ2n) is 16.2. The van der Waals surface area contributed by atoms with Gasteiger partial charge in [-0.2, -0.15) is 0 Å². The van der Waals surface area contributed by atoms with Crippen LogP contribution in [0.5, 0.6) is 0 Å². The van der Waals surface area contributed by atoms with E-state index >= 15 is 0 Å². The molecule has 0 heterocycles. The van der Waals surface area contributed by atoms with Crippen molar-refractivity contribution in [2.24, 2.45) is 5.41 Å². The number of nitrogens with zero attached hydrogens (tertiary/aromatic N) is 1. The second-order valence-corrected chi connectivity index (χ2v) is 16.2. The number of fused-ring (bicyclic) bond motifs is 13. The normalized spacial score (nSPS) is 15.7. The Morgan fingerprint density at radius 3 is 1.40 bits per heavy atom. The minimum Gasteiger partial charge on any atom is -0.311 e. The van der Waals surface area contributed by atoms with Crippen molar-refractivity contribution in [1.82, 2.24) is 0 Å². The predicted octanol–water partition coefficient (Wildman–Crippen LogP) is 13.5. The van der Waals surface area contributed by atoms with Crippen molar-refractivity contribution in [2.75, 3.05) is 4.90 Å². The van der Waals surface area contributed by atoms with Gasteiger partial charge in [-0.05, 0) is 116 Å². The van der Waals surface area contributed by atoms with Gasteiger partial charge in [-0.25, -0.2) is 0 Å². The Kier molecular flexibility index (Phi) is 7.09. The summed E-state index contributed by atoms with van der Waals surface area (Å²) in [5, 5.41) is 0. The average molecular weight is 672 g/mol. The minimum absolute atomic E-state index is 0.0615. The van der Waals surface area contributed by atoms with E-state index in [2.05, 4.69) is 199 Å². The standard InChI is InChI=1S/C51H45N/c1-8-34(26-25-33(2)49(3,4)5)52(35-27-29-41-37-17-9-13-21-43(37)50(6,7)47(41)31-35)36-28-30-42-40-20-12-16-24-46(40)51(48(42)32-36)44-22-14-10-18-38(44)39-19-11-15-23-45(39)51/h8-32H,1H2,2-7H3/b33-25+,34-26+. The topological polar surface area (TPSA) is 3.24 Å². The first-order valence-corrected chi connectivity index (χ1v) is 18.6. The summed E-state index contributed by atoms with van der Waals surface area (Å²) in [5.41, 5.74) is 20.1. The van der Waals surface area contributed by atoms with Gasteiger partial charge >= 0.3 is 0 Å². The van der Waals surface area contributed by atoms with E-state index in [9.17, 15) is 0 Å². The van der Waals surface area contributed by atoms with Gasteiger partial charge in [0.25, 0.3) is 0 Å². The fourth-order valence-electron chi connectivity index (χ4n) is 9.19. The molecule has 0 saturated carbocycles. The fraction of sp³-hybridized carbons (Fsp3) is 0.176. The van der Waals surface area contributed by atoms with Crippen molar-refractivity contribution < 1.29 is 0 Å². The summed E-state index contributed by atoms with van der Waals surface area (Å²) < 4.78 is 0. The molecule has 0 bridgehead atoms. The van der Waals surface area contributed by atoms with Crippen LogP contribution >= 0.6 is 0 Å². The van der Waals surface area contributed by atoms with E-state index in [4.69, 9.17) is 0 Å². The molecule has 0 N–H and O–H groups in total. The Morgan fingerprint density at radius 2 is 0.923 bits per heavy atom. The van der Waals surface area contributed by atoms with Crippen LogP contribution in [0.4, 0.5) is 11.4 Å². The molecule has 1 spiro atoms. The van der Waals surface area contributed by atoms with Crippen molar-refractivity contribution >= 4 is 11.4 Å². The summed E-state index contributed by atoms with van der Waals surface area (Å²) in [5.74, 6) is 0. The number of rotatable bonds is 5. The van der Waals surface area contributed by atoms with Crippen molar-refractivity contribution in [3.8, 4) is 33.4 Å². The highest BCUT2D eigenvalue weighted by Crippen LogP contribution is 2.63. The zero-order valence-corrected chi connectivity index (χ0v) is 31.1. The molecule has 9 rings (SSSR count). The summed E-state index contributed by atoms with van der Waals surface area (Å²) >= 11 is 0. The number of hydrogen-bond acceptors (Lipinski definition) is 1. The quantitative estimate of drug-likeness (QED) is 0.165. The van der Waals surface area contributed by atoms with Crippen LogP contribution in [0.3, 0.4) is 0 Å². The lowest BCUT2D eigenvalue weighted by Crippen LogP contribution is -2.26. The van der Waals surface area contributed by atoms with Crippen molar-refractivity contribution in [2.45, 2.75) is 52.4 Å². The smallest absolute Gasteiger partial charge is 0.0726 e. The molecular weight excluding hydrogens is 627 g/mol. The first-order chi connectivity index (χ1) is 25.1. The zero-order chi connectivity index (χ0) is 36.0. The summed E-state index contributed by atoms with van der Waals surface area (Å²) in [6.07, 6.45) is 6.53. The van der Waals surface area contributed by atoms with Gasteiger partial charge in [0.15, 0.2) is 0 Å². The maximum atomic E-state index is 4.40. The Bertz CT molecular complexity index is 2450. The summed E-state index contributed by atoms with van der Waals surface area (Å²) in [6.45, 7) is 18.2. The molecule has 0 atom stereocenters. The molecule has 0 amide bonds. The summed E-state index contributed by atoms with van der Waals surface area (Å²) in [4.78, 5) is 2.42. The molecule has 0 aliphatic heterocycles. The van der Waals surface area contributed by atoms with E-state index in [0.717, 1.165) is 17.1 Å². The van der Waals surface area contributed by atoms with Gasteiger partial charge in [0.05, 0.1) is 5.41 Å². The van der Waals surface area contributed by atoms with E-state index in [0.29, 0.717) is 0 Å². The van der Waals surface area contributed by atoms with Gasteiger partial charge in [0, 0.05) is 22.5 Å². The largest absolute Gasteiger partial charge is 0.311 e. The van der Waals surface area contributed by atoms with Crippen LogP contribution in [-0.4, -0.2) is 0 Å². The van der Waals surface area contributed by atoms with Gasteiger partial charge in [0.2, 0.25) is 0 Å². The molecule has 0 fully saturated rings. The number of allylic oxidation sites excluding steroid dienone is 4. The Hall–Kier alpha value is -5.66. The van der Waals surface area contributed by atoms with Crippen molar-refractivity contribution in [3.05, 3.63) is 203 Å². The van der Waals surface area contributed by atoms with Crippen LogP contribution in [0, 0.1) is 5.41 Å². The van der Waals surface area contributed by atoms with Gasteiger partial charge < -0.3 is 4.90 Å². The van der Waals surface area contributed by atoms with E-state index in [1.165, 1.54) is 72.3 Å². The van der Waals surface area contributed by atoms with Crippen LogP contribution in [0.15, 0.2) is 170 Å². The molecule has 52 heavy (non-hydrogen) atoms. The molecule has 6 aromatic carbocycles. The first kappa shape index (κ1) is 32.3. The monoisotopic (exact) mass is 671 g/mol. The van der Waals surface area contributed by atoms with Gasteiger partial charge in [-0.3, -0.25) is 0 Å². The van der Waals surface area contributed by atoms with Gasteiger partial charge in [-0.1, -0.05) is 162 Å². The molecular formula is C51H45N. The maximum absolute atomic E-state index is 4.40. The summed E-state index contributed by atoms with van der Waals surface area (Å²) in [6, 6.07) is 50.2. The Labute approximate surface area is 309 Å². The lowest BCUT2D eigenvalue weighted by Gasteiger charge is -2.33. The van der Waals surface area contributed by atoms with E-state index in [1.807, 2.05) is 6.08 Å². The van der Waals surface area contributed by atoms with E-state index < -0.39 is 5.41 Å². The van der Waals surface area contributed by atoms with Gasteiger partial charge in [0.1, 0.15) is 0 Å². The highest BCUT2D eigenvalue weighted by atomic mass is 15.1. The first-order valence-electron chi connectivity index (χ1n) is 18.6. The Morgan fingerprint density at radius 1 is 0.519 bits per heavy atom. The lowest BCUT2D eigenvalue weighted by molar-refractivity contribution is 0.504.